The summed E-state index contributed by atoms with van der Waals surface area (Å²) in [6, 6.07) is -0.508. The highest BCUT2D eigenvalue weighted by Crippen LogP contribution is 2.17. The first-order valence-electron chi connectivity index (χ1n) is 6.58. The number of rotatable bonds is 5. The van der Waals surface area contributed by atoms with E-state index in [9.17, 15) is 14.4 Å². The Balaban J connectivity index is 2.33. The van der Waals surface area contributed by atoms with E-state index in [4.69, 9.17) is 10.5 Å². The van der Waals surface area contributed by atoms with Crippen LogP contribution in [0.25, 0.3) is 0 Å². The van der Waals surface area contributed by atoms with Crippen LogP contribution in [-0.4, -0.2) is 53.7 Å². The molecule has 9 heteroatoms. The van der Waals surface area contributed by atoms with Gasteiger partial charge in [0.2, 0.25) is 5.91 Å². The number of likely N-dealkylation sites (N-methyl/N-ethyl adjacent to an activating group) is 1. The van der Waals surface area contributed by atoms with Crippen LogP contribution in [0, 0.1) is 0 Å². The SMILES string of the molecule is COCCn1c(N)c(NC2CCN(C)C2=O)c(=O)[nH]c1=O. The maximum Gasteiger partial charge on any atom is 0.330 e. The molecule has 0 saturated carbocycles. The minimum absolute atomic E-state index is 0.00292. The van der Waals surface area contributed by atoms with Crippen LogP contribution < -0.4 is 22.3 Å². The Morgan fingerprint density at radius 1 is 1.43 bits per heavy atom. The smallest absolute Gasteiger partial charge is 0.330 e. The largest absolute Gasteiger partial charge is 0.383 e. The van der Waals surface area contributed by atoms with E-state index < -0.39 is 17.3 Å². The second-order valence-electron chi connectivity index (χ2n) is 4.91. The highest BCUT2D eigenvalue weighted by molar-refractivity contribution is 5.87. The number of H-pyrrole nitrogens is 1. The van der Waals surface area contributed by atoms with Gasteiger partial charge in [-0.3, -0.25) is 19.1 Å². The van der Waals surface area contributed by atoms with Gasteiger partial charge in [-0.15, -0.1) is 0 Å². The van der Waals surface area contributed by atoms with Crippen LogP contribution in [0.5, 0.6) is 0 Å². The lowest BCUT2D eigenvalue weighted by Gasteiger charge is -2.16. The molecular weight excluding hydrogens is 278 g/mol. The summed E-state index contributed by atoms with van der Waals surface area (Å²) in [4.78, 5) is 39.3. The van der Waals surface area contributed by atoms with Crippen molar-refractivity contribution in [3.8, 4) is 0 Å². The number of aromatic amines is 1. The number of anilines is 2. The molecule has 1 amide bonds. The summed E-state index contributed by atoms with van der Waals surface area (Å²) >= 11 is 0. The molecule has 1 unspecified atom stereocenters. The van der Waals surface area contributed by atoms with Crippen molar-refractivity contribution in [2.75, 3.05) is 38.4 Å². The van der Waals surface area contributed by atoms with Crippen molar-refractivity contribution in [1.29, 1.82) is 0 Å². The molecule has 1 aliphatic heterocycles. The summed E-state index contributed by atoms with van der Waals surface area (Å²) in [6.45, 7) is 1.10. The van der Waals surface area contributed by atoms with Gasteiger partial charge in [0, 0.05) is 20.7 Å². The number of carbonyl (C=O) groups is 1. The number of carbonyl (C=O) groups excluding carboxylic acids is 1. The molecule has 1 aliphatic rings. The Morgan fingerprint density at radius 2 is 2.14 bits per heavy atom. The molecule has 9 nitrogen and oxygen atoms in total. The van der Waals surface area contributed by atoms with Crippen LogP contribution in [0.3, 0.4) is 0 Å². The number of ether oxygens (including phenoxy) is 1. The zero-order valence-corrected chi connectivity index (χ0v) is 12.0. The molecule has 1 fully saturated rings. The van der Waals surface area contributed by atoms with Gasteiger partial charge in [-0.1, -0.05) is 0 Å². The van der Waals surface area contributed by atoms with Gasteiger partial charge in [0.1, 0.15) is 17.5 Å². The van der Waals surface area contributed by atoms with Crippen LogP contribution in [0.4, 0.5) is 11.5 Å². The van der Waals surface area contributed by atoms with E-state index in [2.05, 4.69) is 10.3 Å². The molecule has 116 valence electrons. The average Bonchev–Trinajstić information content (AvgIpc) is 2.75. The molecule has 1 saturated heterocycles. The number of aromatic nitrogens is 2. The number of nitrogens with zero attached hydrogens (tertiary/aromatic N) is 2. The molecule has 0 bridgehead atoms. The first-order chi connectivity index (χ1) is 9.95. The normalized spacial score (nSPS) is 18.3. The number of nitrogens with one attached hydrogen (secondary N) is 2. The molecule has 0 aromatic carbocycles. The maximum absolute atomic E-state index is 11.9. The second-order valence-corrected chi connectivity index (χ2v) is 4.91. The van der Waals surface area contributed by atoms with Crippen LogP contribution in [0.15, 0.2) is 9.59 Å². The van der Waals surface area contributed by atoms with Crippen molar-refractivity contribution in [3.63, 3.8) is 0 Å². The Kier molecular flexibility index (Phi) is 4.32. The number of nitrogens with two attached hydrogens (primary N) is 1. The molecule has 0 aliphatic carbocycles. The summed E-state index contributed by atoms with van der Waals surface area (Å²) in [5, 5.41) is 2.84. The van der Waals surface area contributed by atoms with Gasteiger partial charge in [0.05, 0.1) is 13.2 Å². The molecule has 21 heavy (non-hydrogen) atoms. The minimum atomic E-state index is -0.631. The predicted molar refractivity (Wildman–Crippen MR) is 77.3 cm³/mol. The maximum atomic E-state index is 11.9. The quantitative estimate of drug-likeness (QED) is 0.602. The van der Waals surface area contributed by atoms with Crippen LogP contribution in [-0.2, 0) is 16.1 Å². The molecule has 0 spiro atoms. The highest BCUT2D eigenvalue weighted by atomic mass is 16.5. The molecule has 0 radical (unpaired) electrons. The summed E-state index contributed by atoms with van der Waals surface area (Å²) in [5.74, 6) is -0.105. The van der Waals surface area contributed by atoms with Crippen LogP contribution in [0.1, 0.15) is 6.42 Å². The number of nitrogen functional groups attached to an aromatic ring is 1. The van der Waals surface area contributed by atoms with E-state index in [1.165, 1.54) is 11.7 Å². The van der Waals surface area contributed by atoms with Crippen LogP contribution in [0.2, 0.25) is 0 Å². The summed E-state index contributed by atoms with van der Waals surface area (Å²) in [5.41, 5.74) is 4.69. The molecule has 2 heterocycles. The number of hydrogen-bond donors (Lipinski definition) is 3. The van der Waals surface area contributed by atoms with E-state index in [0.29, 0.717) is 13.0 Å². The lowest BCUT2D eigenvalue weighted by atomic mass is 10.2. The zero-order chi connectivity index (χ0) is 15.6. The molecular formula is C12H19N5O4. The lowest BCUT2D eigenvalue weighted by Crippen LogP contribution is -2.38. The van der Waals surface area contributed by atoms with Crippen molar-refractivity contribution in [2.24, 2.45) is 0 Å². The molecule has 2 rings (SSSR count). The monoisotopic (exact) mass is 297 g/mol. The molecule has 1 aromatic heterocycles. The summed E-state index contributed by atoms with van der Waals surface area (Å²) in [7, 11) is 3.19. The number of methoxy groups -OCH3 is 1. The van der Waals surface area contributed by atoms with Gasteiger partial charge in [-0.25, -0.2) is 4.79 Å². The van der Waals surface area contributed by atoms with Gasteiger partial charge in [0.25, 0.3) is 5.56 Å². The fourth-order valence-corrected chi connectivity index (χ4v) is 2.26. The first kappa shape index (κ1) is 15.1. The van der Waals surface area contributed by atoms with Gasteiger partial charge >= 0.3 is 5.69 Å². The fourth-order valence-electron chi connectivity index (χ4n) is 2.26. The first-order valence-corrected chi connectivity index (χ1v) is 6.58. The third kappa shape index (κ3) is 2.92. The predicted octanol–water partition coefficient (Wildman–Crippen LogP) is -1.59. The van der Waals surface area contributed by atoms with Crippen molar-refractivity contribution < 1.29 is 9.53 Å². The number of likely N-dealkylation sites (tertiary alicyclic amines) is 1. The summed E-state index contributed by atoms with van der Waals surface area (Å²) < 4.78 is 6.11. The van der Waals surface area contributed by atoms with Crippen molar-refractivity contribution in [3.05, 3.63) is 20.8 Å². The Labute approximate surface area is 120 Å². The van der Waals surface area contributed by atoms with Gasteiger partial charge < -0.3 is 20.7 Å². The van der Waals surface area contributed by atoms with E-state index in [1.807, 2.05) is 0 Å². The zero-order valence-electron chi connectivity index (χ0n) is 12.0. The van der Waals surface area contributed by atoms with Crippen LogP contribution >= 0.6 is 0 Å². The van der Waals surface area contributed by atoms with E-state index >= 15 is 0 Å². The van der Waals surface area contributed by atoms with E-state index in [-0.39, 0.29) is 30.6 Å². The lowest BCUT2D eigenvalue weighted by molar-refractivity contribution is -0.127. The van der Waals surface area contributed by atoms with Gasteiger partial charge in [0.15, 0.2) is 0 Å². The molecule has 4 N–H and O–H groups in total. The topological polar surface area (TPSA) is 122 Å². The minimum Gasteiger partial charge on any atom is -0.383 e. The van der Waals surface area contributed by atoms with Gasteiger partial charge in [-0.05, 0) is 6.42 Å². The summed E-state index contributed by atoms with van der Waals surface area (Å²) in [6.07, 6.45) is 0.575. The van der Waals surface area contributed by atoms with Crippen molar-refractivity contribution >= 4 is 17.4 Å². The Hall–Kier alpha value is -2.29. The third-order valence-electron chi connectivity index (χ3n) is 3.50. The Morgan fingerprint density at radius 3 is 2.71 bits per heavy atom. The average molecular weight is 297 g/mol. The van der Waals surface area contributed by atoms with Crippen molar-refractivity contribution in [1.82, 2.24) is 14.5 Å². The Bertz CT molecular complexity index is 650. The second kappa shape index (κ2) is 6.00. The van der Waals surface area contributed by atoms with Gasteiger partial charge in [-0.2, -0.15) is 0 Å². The molecule has 1 atom stereocenters. The van der Waals surface area contributed by atoms with E-state index in [0.717, 1.165) is 0 Å². The number of hydrogen-bond acceptors (Lipinski definition) is 6. The van der Waals surface area contributed by atoms with E-state index in [1.54, 1.807) is 11.9 Å². The fraction of sp³-hybridized carbons (Fsp3) is 0.583. The number of amides is 1. The van der Waals surface area contributed by atoms with Crippen molar-refractivity contribution in [2.45, 2.75) is 19.0 Å². The third-order valence-corrected chi connectivity index (χ3v) is 3.50. The standard InChI is InChI=1S/C12H19N5O4/c1-16-4-3-7(11(16)19)14-8-9(13)17(5-6-21-2)12(20)15-10(8)18/h7,14H,3-6,13H2,1-2H3,(H,15,18,20). The highest BCUT2D eigenvalue weighted by Gasteiger charge is 2.30. The molecule has 1 aromatic rings.